The van der Waals surface area contributed by atoms with E-state index in [4.69, 9.17) is 16.3 Å². The average molecular weight is 292 g/mol. The fraction of sp³-hybridized carbons (Fsp3) is 0.133. The van der Waals surface area contributed by atoms with Crippen molar-refractivity contribution in [2.24, 2.45) is 0 Å². The van der Waals surface area contributed by atoms with Gasteiger partial charge in [0, 0.05) is 5.69 Å². The van der Waals surface area contributed by atoms with Crippen LogP contribution in [0, 0.1) is 0 Å². The molecular formula is C15H14ClNO3. The summed E-state index contributed by atoms with van der Waals surface area (Å²) in [5.74, 6) is 0.580. The van der Waals surface area contributed by atoms with E-state index in [-0.39, 0.29) is 18.1 Å². The van der Waals surface area contributed by atoms with Crippen molar-refractivity contribution in [1.29, 1.82) is 0 Å². The van der Waals surface area contributed by atoms with Gasteiger partial charge in [-0.3, -0.25) is 4.79 Å². The van der Waals surface area contributed by atoms with Gasteiger partial charge in [-0.15, -0.1) is 0 Å². The number of phenolic OH excluding ortho intramolecular Hbond substituents is 1. The highest BCUT2D eigenvalue weighted by Gasteiger charge is 2.06. The second-order valence-electron chi connectivity index (χ2n) is 4.24. The largest absolute Gasteiger partial charge is 0.508 e. The van der Waals surface area contributed by atoms with Crippen LogP contribution in [0.1, 0.15) is 5.56 Å². The van der Waals surface area contributed by atoms with E-state index in [9.17, 15) is 9.90 Å². The van der Waals surface area contributed by atoms with Gasteiger partial charge in [-0.25, -0.2) is 0 Å². The molecule has 2 rings (SSSR count). The second kappa shape index (κ2) is 6.30. The SMILES string of the molecule is COc1ccc(NC(=O)Cc2ccc(O)cc2)cc1Cl. The Morgan fingerprint density at radius 2 is 1.95 bits per heavy atom. The number of aromatic hydroxyl groups is 1. The molecule has 0 atom stereocenters. The minimum Gasteiger partial charge on any atom is -0.508 e. The van der Waals surface area contributed by atoms with Crippen molar-refractivity contribution in [3.05, 3.63) is 53.1 Å². The Balaban J connectivity index is 2.01. The van der Waals surface area contributed by atoms with E-state index in [1.165, 1.54) is 7.11 Å². The molecule has 0 saturated carbocycles. The first kappa shape index (κ1) is 14.2. The van der Waals surface area contributed by atoms with Crippen molar-refractivity contribution in [2.45, 2.75) is 6.42 Å². The molecule has 0 radical (unpaired) electrons. The smallest absolute Gasteiger partial charge is 0.228 e. The highest BCUT2D eigenvalue weighted by atomic mass is 35.5. The quantitative estimate of drug-likeness (QED) is 0.909. The summed E-state index contributed by atoms with van der Waals surface area (Å²) in [5, 5.41) is 12.4. The van der Waals surface area contributed by atoms with Crippen molar-refractivity contribution < 1.29 is 14.6 Å². The molecule has 1 amide bonds. The Morgan fingerprint density at radius 3 is 2.55 bits per heavy atom. The lowest BCUT2D eigenvalue weighted by Gasteiger charge is -2.08. The lowest BCUT2D eigenvalue weighted by Crippen LogP contribution is -2.14. The van der Waals surface area contributed by atoms with E-state index in [1.54, 1.807) is 42.5 Å². The van der Waals surface area contributed by atoms with Crippen LogP contribution >= 0.6 is 11.6 Å². The van der Waals surface area contributed by atoms with E-state index < -0.39 is 0 Å². The predicted octanol–water partition coefficient (Wildman–Crippen LogP) is 3.24. The van der Waals surface area contributed by atoms with Crippen LogP contribution in [-0.2, 0) is 11.2 Å². The highest BCUT2D eigenvalue weighted by molar-refractivity contribution is 6.32. The molecule has 5 heteroatoms. The highest BCUT2D eigenvalue weighted by Crippen LogP contribution is 2.27. The van der Waals surface area contributed by atoms with Gasteiger partial charge in [0.25, 0.3) is 0 Å². The number of methoxy groups -OCH3 is 1. The Morgan fingerprint density at radius 1 is 1.25 bits per heavy atom. The van der Waals surface area contributed by atoms with Crippen molar-refractivity contribution in [1.82, 2.24) is 0 Å². The van der Waals surface area contributed by atoms with Gasteiger partial charge in [0.1, 0.15) is 11.5 Å². The number of phenols is 1. The maximum absolute atomic E-state index is 11.9. The molecule has 0 bridgehead atoms. The maximum atomic E-state index is 11.9. The first-order chi connectivity index (χ1) is 9.58. The van der Waals surface area contributed by atoms with Crippen LogP contribution < -0.4 is 10.1 Å². The van der Waals surface area contributed by atoms with Gasteiger partial charge in [-0.2, -0.15) is 0 Å². The molecular weight excluding hydrogens is 278 g/mol. The molecule has 0 aliphatic rings. The first-order valence-corrected chi connectivity index (χ1v) is 6.37. The molecule has 0 saturated heterocycles. The summed E-state index contributed by atoms with van der Waals surface area (Å²) in [4.78, 5) is 11.9. The first-order valence-electron chi connectivity index (χ1n) is 6.00. The minimum absolute atomic E-state index is 0.156. The lowest BCUT2D eigenvalue weighted by molar-refractivity contribution is -0.115. The van der Waals surface area contributed by atoms with Crippen LogP contribution in [-0.4, -0.2) is 18.1 Å². The molecule has 2 aromatic carbocycles. The molecule has 0 aliphatic carbocycles. The third kappa shape index (κ3) is 3.65. The van der Waals surface area contributed by atoms with Gasteiger partial charge in [-0.1, -0.05) is 23.7 Å². The van der Waals surface area contributed by atoms with Crippen LogP contribution in [0.25, 0.3) is 0 Å². The number of nitrogens with one attached hydrogen (secondary N) is 1. The van der Waals surface area contributed by atoms with Crippen molar-refractivity contribution in [2.75, 3.05) is 12.4 Å². The summed E-state index contributed by atoms with van der Waals surface area (Å²) in [5.41, 5.74) is 1.43. The fourth-order valence-electron chi connectivity index (χ4n) is 1.75. The lowest BCUT2D eigenvalue weighted by atomic mass is 10.1. The normalized spacial score (nSPS) is 10.1. The Hall–Kier alpha value is -2.20. The summed E-state index contributed by atoms with van der Waals surface area (Å²) >= 11 is 5.99. The summed E-state index contributed by atoms with van der Waals surface area (Å²) < 4.78 is 5.04. The molecule has 104 valence electrons. The molecule has 4 nitrogen and oxygen atoms in total. The monoisotopic (exact) mass is 291 g/mol. The molecule has 0 heterocycles. The summed E-state index contributed by atoms with van der Waals surface area (Å²) in [6, 6.07) is 11.6. The molecule has 2 N–H and O–H groups in total. The van der Waals surface area contributed by atoms with Crippen molar-refractivity contribution in [3.63, 3.8) is 0 Å². The van der Waals surface area contributed by atoms with Crippen LogP contribution in [0.2, 0.25) is 5.02 Å². The summed E-state index contributed by atoms with van der Waals surface area (Å²) in [7, 11) is 1.53. The molecule has 0 aromatic heterocycles. The van der Waals surface area contributed by atoms with Gasteiger partial charge in [0.05, 0.1) is 18.6 Å². The zero-order valence-corrected chi connectivity index (χ0v) is 11.6. The Labute approximate surface area is 122 Å². The standard InChI is InChI=1S/C15H14ClNO3/c1-20-14-7-4-11(9-13(14)16)17-15(19)8-10-2-5-12(18)6-3-10/h2-7,9,18H,8H2,1H3,(H,17,19). The van der Waals surface area contributed by atoms with Gasteiger partial charge >= 0.3 is 0 Å². The topological polar surface area (TPSA) is 58.6 Å². The zero-order chi connectivity index (χ0) is 14.5. The number of carbonyl (C=O) groups is 1. The van der Waals surface area contributed by atoms with Gasteiger partial charge < -0.3 is 15.2 Å². The van der Waals surface area contributed by atoms with E-state index in [0.717, 1.165) is 5.56 Å². The number of anilines is 1. The summed E-state index contributed by atoms with van der Waals surface area (Å²) in [6.45, 7) is 0. The maximum Gasteiger partial charge on any atom is 0.228 e. The molecule has 0 aliphatic heterocycles. The Kier molecular flexibility index (Phi) is 4.48. The molecule has 20 heavy (non-hydrogen) atoms. The van der Waals surface area contributed by atoms with Crippen LogP contribution in [0.3, 0.4) is 0 Å². The van der Waals surface area contributed by atoms with E-state index >= 15 is 0 Å². The zero-order valence-electron chi connectivity index (χ0n) is 10.9. The Bertz CT molecular complexity index is 611. The van der Waals surface area contributed by atoms with E-state index in [2.05, 4.69) is 5.32 Å². The van der Waals surface area contributed by atoms with Gasteiger partial charge in [-0.05, 0) is 35.9 Å². The van der Waals surface area contributed by atoms with Gasteiger partial charge in [0.15, 0.2) is 0 Å². The number of rotatable bonds is 4. The summed E-state index contributed by atoms with van der Waals surface area (Å²) in [6.07, 6.45) is 0.226. The van der Waals surface area contributed by atoms with Crippen molar-refractivity contribution in [3.8, 4) is 11.5 Å². The van der Waals surface area contributed by atoms with Crippen LogP contribution in [0.4, 0.5) is 5.69 Å². The molecule has 2 aromatic rings. The third-order valence-corrected chi connectivity index (χ3v) is 3.03. The number of hydrogen-bond donors (Lipinski definition) is 2. The third-order valence-electron chi connectivity index (χ3n) is 2.74. The van der Waals surface area contributed by atoms with Crippen LogP contribution in [0.5, 0.6) is 11.5 Å². The predicted molar refractivity (Wildman–Crippen MR) is 78.4 cm³/mol. The van der Waals surface area contributed by atoms with Crippen molar-refractivity contribution >= 4 is 23.2 Å². The number of amides is 1. The second-order valence-corrected chi connectivity index (χ2v) is 4.65. The number of carbonyl (C=O) groups excluding carboxylic acids is 1. The van der Waals surface area contributed by atoms with Gasteiger partial charge in [0.2, 0.25) is 5.91 Å². The average Bonchev–Trinajstić information content (AvgIpc) is 2.41. The molecule has 0 unspecified atom stereocenters. The molecule has 0 spiro atoms. The molecule has 0 fully saturated rings. The fourth-order valence-corrected chi connectivity index (χ4v) is 2.01. The van der Waals surface area contributed by atoms with E-state index in [0.29, 0.717) is 16.5 Å². The van der Waals surface area contributed by atoms with E-state index in [1.807, 2.05) is 0 Å². The number of ether oxygens (including phenoxy) is 1. The number of benzene rings is 2. The minimum atomic E-state index is -0.156. The van der Waals surface area contributed by atoms with Crippen LogP contribution in [0.15, 0.2) is 42.5 Å². The number of hydrogen-bond acceptors (Lipinski definition) is 3. The number of halogens is 1.